The molecule has 0 aromatic rings. The standard InChI is InChI=1S/C10H21N3O/c1-4-10(2,3)13-9(14)8-7-11-5-6-12-8/h8,11-12H,4-7H2,1-3H3,(H,13,14). The first-order chi connectivity index (χ1) is 6.55. The third kappa shape index (κ3) is 3.27. The Morgan fingerprint density at radius 2 is 2.21 bits per heavy atom. The Morgan fingerprint density at radius 1 is 1.50 bits per heavy atom. The molecule has 1 aliphatic heterocycles. The van der Waals surface area contributed by atoms with Crippen molar-refractivity contribution in [2.45, 2.75) is 38.8 Å². The van der Waals surface area contributed by atoms with Crippen LogP contribution in [0, 0.1) is 0 Å². The highest BCUT2D eigenvalue weighted by atomic mass is 16.2. The van der Waals surface area contributed by atoms with Crippen molar-refractivity contribution in [1.82, 2.24) is 16.0 Å². The Morgan fingerprint density at radius 3 is 2.71 bits per heavy atom. The van der Waals surface area contributed by atoms with Gasteiger partial charge in [-0.05, 0) is 20.3 Å². The van der Waals surface area contributed by atoms with E-state index in [1.54, 1.807) is 0 Å². The molecule has 3 N–H and O–H groups in total. The molecule has 82 valence electrons. The molecule has 1 aliphatic rings. The van der Waals surface area contributed by atoms with Gasteiger partial charge in [0.2, 0.25) is 5.91 Å². The third-order valence-corrected chi connectivity index (χ3v) is 2.70. The molecule has 0 aromatic carbocycles. The summed E-state index contributed by atoms with van der Waals surface area (Å²) in [6, 6.07) is -0.0745. The van der Waals surface area contributed by atoms with Crippen LogP contribution in [-0.2, 0) is 4.79 Å². The van der Waals surface area contributed by atoms with Gasteiger partial charge in [0.05, 0.1) is 6.04 Å². The summed E-state index contributed by atoms with van der Waals surface area (Å²) in [5, 5.41) is 9.42. The van der Waals surface area contributed by atoms with E-state index >= 15 is 0 Å². The fourth-order valence-corrected chi connectivity index (χ4v) is 1.35. The lowest BCUT2D eigenvalue weighted by Gasteiger charge is -2.30. The molecule has 1 unspecified atom stereocenters. The van der Waals surface area contributed by atoms with E-state index in [2.05, 4.69) is 22.9 Å². The largest absolute Gasteiger partial charge is 0.350 e. The molecule has 0 saturated carbocycles. The predicted molar refractivity (Wildman–Crippen MR) is 57.2 cm³/mol. The van der Waals surface area contributed by atoms with Gasteiger partial charge in [0.25, 0.3) is 0 Å². The van der Waals surface area contributed by atoms with E-state index in [1.165, 1.54) is 0 Å². The summed E-state index contributed by atoms with van der Waals surface area (Å²) in [5.74, 6) is 0.101. The van der Waals surface area contributed by atoms with Gasteiger partial charge in [0.15, 0.2) is 0 Å². The van der Waals surface area contributed by atoms with Crippen LogP contribution in [-0.4, -0.2) is 37.1 Å². The molecule has 1 rings (SSSR count). The van der Waals surface area contributed by atoms with Crippen molar-refractivity contribution < 1.29 is 4.79 Å². The van der Waals surface area contributed by atoms with Gasteiger partial charge in [-0.2, -0.15) is 0 Å². The van der Waals surface area contributed by atoms with Crippen molar-refractivity contribution in [3.63, 3.8) is 0 Å². The minimum absolute atomic E-state index is 0.0745. The van der Waals surface area contributed by atoms with E-state index in [0.29, 0.717) is 0 Å². The molecule has 0 aliphatic carbocycles. The molecule has 0 aromatic heterocycles. The Balaban J connectivity index is 2.40. The maximum Gasteiger partial charge on any atom is 0.238 e. The molecule has 0 radical (unpaired) electrons. The van der Waals surface area contributed by atoms with Crippen molar-refractivity contribution in [2.75, 3.05) is 19.6 Å². The summed E-state index contributed by atoms with van der Waals surface area (Å²) in [6.07, 6.45) is 0.943. The van der Waals surface area contributed by atoms with E-state index in [0.717, 1.165) is 26.1 Å². The lowest BCUT2D eigenvalue weighted by atomic mass is 10.0. The number of hydrogen-bond donors (Lipinski definition) is 3. The first kappa shape index (κ1) is 11.5. The van der Waals surface area contributed by atoms with Gasteiger partial charge in [-0.3, -0.25) is 4.79 Å². The predicted octanol–water partition coefficient (Wildman–Crippen LogP) is -0.147. The summed E-state index contributed by atoms with van der Waals surface area (Å²) in [5.41, 5.74) is -0.101. The zero-order valence-corrected chi connectivity index (χ0v) is 9.31. The molecular weight excluding hydrogens is 178 g/mol. The van der Waals surface area contributed by atoms with E-state index in [4.69, 9.17) is 0 Å². The van der Waals surface area contributed by atoms with E-state index in [9.17, 15) is 4.79 Å². The van der Waals surface area contributed by atoms with Crippen LogP contribution in [0.25, 0.3) is 0 Å². The summed E-state index contributed by atoms with van der Waals surface area (Å²) in [6.45, 7) is 8.70. The highest BCUT2D eigenvalue weighted by molar-refractivity contribution is 5.82. The van der Waals surface area contributed by atoms with Crippen molar-refractivity contribution in [2.24, 2.45) is 0 Å². The third-order valence-electron chi connectivity index (χ3n) is 2.70. The topological polar surface area (TPSA) is 53.2 Å². The van der Waals surface area contributed by atoms with Crippen LogP contribution in [0.1, 0.15) is 27.2 Å². The lowest BCUT2D eigenvalue weighted by molar-refractivity contribution is -0.125. The molecule has 1 heterocycles. The van der Waals surface area contributed by atoms with Crippen LogP contribution in [0.3, 0.4) is 0 Å². The molecule has 1 amide bonds. The van der Waals surface area contributed by atoms with Gasteiger partial charge >= 0.3 is 0 Å². The average Bonchev–Trinajstić information content (AvgIpc) is 2.19. The molecule has 4 nitrogen and oxygen atoms in total. The van der Waals surface area contributed by atoms with Crippen molar-refractivity contribution in [3.05, 3.63) is 0 Å². The van der Waals surface area contributed by atoms with Crippen molar-refractivity contribution >= 4 is 5.91 Å². The van der Waals surface area contributed by atoms with Crippen LogP contribution in [0.4, 0.5) is 0 Å². The van der Waals surface area contributed by atoms with E-state index in [-0.39, 0.29) is 17.5 Å². The number of hydrogen-bond acceptors (Lipinski definition) is 3. The quantitative estimate of drug-likeness (QED) is 0.592. The molecule has 1 atom stereocenters. The molecule has 0 spiro atoms. The lowest BCUT2D eigenvalue weighted by Crippen LogP contribution is -2.58. The SMILES string of the molecule is CCC(C)(C)NC(=O)C1CNCCN1. The minimum Gasteiger partial charge on any atom is -0.350 e. The molecule has 4 heteroatoms. The second kappa shape index (κ2) is 4.75. The molecule has 14 heavy (non-hydrogen) atoms. The number of carbonyl (C=O) groups excluding carboxylic acids is 1. The smallest absolute Gasteiger partial charge is 0.238 e. The average molecular weight is 199 g/mol. The van der Waals surface area contributed by atoms with Gasteiger partial charge in [-0.15, -0.1) is 0 Å². The van der Waals surface area contributed by atoms with Gasteiger partial charge in [-0.25, -0.2) is 0 Å². The summed E-state index contributed by atoms with van der Waals surface area (Å²) in [7, 11) is 0. The van der Waals surface area contributed by atoms with Crippen LogP contribution < -0.4 is 16.0 Å². The maximum atomic E-state index is 11.8. The summed E-state index contributed by atoms with van der Waals surface area (Å²) < 4.78 is 0. The van der Waals surface area contributed by atoms with Gasteiger partial charge in [0, 0.05) is 25.2 Å². The van der Waals surface area contributed by atoms with Crippen LogP contribution in [0.2, 0.25) is 0 Å². The fourth-order valence-electron chi connectivity index (χ4n) is 1.35. The summed E-state index contributed by atoms with van der Waals surface area (Å²) >= 11 is 0. The molecule has 1 saturated heterocycles. The Bertz CT molecular complexity index is 198. The monoisotopic (exact) mass is 199 g/mol. The maximum absolute atomic E-state index is 11.8. The number of nitrogens with one attached hydrogen (secondary N) is 3. The zero-order chi connectivity index (χ0) is 10.6. The highest BCUT2D eigenvalue weighted by Gasteiger charge is 2.25. The number of carbonyl (C=O) groups is 1. The van der Waals surface area contributed by atoms with Crippen molar-refractivity contribution in [1.29, 1.82) is 0 Å². The minimum atomic E-state index is -0.101. The summed E-state index contributed by atoms with van der Waals surface area (Å²) in [4.78, 5) is 11.8. The highest BCUT2D eigenvalue weighted by Crippen LogP contribution is 2.07. The zero-order valence-electron chi connectivity index (χ0n) is 9.31. The number of piperazine rings is 1. The Kier molecular flexibility index (Phi) is 3.89. The second-order valence-corrected chi connectivity index (χ2v) is 4.44. The van der Waals surface area contributed by atoms with Gasteiger partial charge < -0.3 is 16.0 Å². The van der Waals surface area contributed by atoms with Crippen LogP contribution in [0.15, 0.2) is 0 Å². The fraction of sp³-hybridized carbons (Fsp3) is 0.900. The van der Waals surface area contributed by atoms with Crippen molar-refractivity contribution in [3.8, 4) is 0 Å². The van der Waals surface area contributed by atoms with E-state index < -0.39 is 0 Å². The van der Waals surface area contributed by atoms with Gasteiger partial charge in [0.1, 0.15) is 0 Å². The molecule has 0 bridgehead atoms. The Hall–Kier alpha value is -0.610. The van der Waals surface area contributed by atoms with Crippen LogP contribution in [0.5, 0.6) is 0 Å². The Labute approximate surface area is 85.8 Å². The number of amides is 1. The second-order valence-electron chi connectivity index (χ2n) is 4.44. The van der Waals surface area contributed by atoms with Crippen LogP contribution >= 0.6 is 0 Å². The van der Waals surface area contributed by atoms with E-state index in [1.807, 2.05) is 13.8 Å². The first-order valence-corrected chi connectivity index (χ1v) is 5.31. The molecule has 1 fully saturated rings. The first-order valence-electron chi connectivity index (χ1n) is 5.31. The number of rotatable bonds is 3. The normalized spacial score (nSPS) is 23.2. The van der Waals surface area contributed by atoms with Gasteiger partial charge in [-0.1, -0.05) is 6.92 Å². The molecular formula is C10H21N3O.